The third-order valence-corrected chi connectivity index (χ3v) is 11.8. The molecule has 0 fully saturated rings. The van der Waals surface area contributed by atoms with E-state index in [1.807, 2.05) is 26.0 Å². The monoisotopic (exact) mass is 548 g/mol. The Morgan fingerprint density at radius 3 is 2.21 bits per heavy atom. The second-order valence-corrected chi connectivity index (χ2v) is 17.2. The Bertz CT molecular complexity index is 1390. The fraction of sp³-hybridized carbons (Fsp3) is 0.517. The van der Waals surface area contributed by atoms with Gasteiger partial charge in [-0.15, -0.1) is 5.10 Å². The number of rotatable bonds is 6. The minimum atomic E-state index is -1.92. The molecule has 1 aliphatic rings. The zero-order chi connectivity index (χ0) is 29.3. The Hall–Kier alpha value is -3.60. The molecule has 1 aromatic heterocycles. The van der Waals surface area contributed by atoms with Crippen LogP contribution in [0.25, 0.3) is 10.9 Å². The van der Waals surface area contributed by atoms with Crippen molar-refractivity contribution >= 4 is 31.1 Å². The van der Waals surface area contributed by atoms with Gasteiger partial charge in [0.25, 0.3) is 0 Å². The molecule has 208 valence electrons. The lowest BCUT2D eigenvalue weighted by molar-refractivity contribution is 0.0523. The summed E-state index contributed by atoms with van der Waals surface area (Å²) < 4.78 is 13.2. The van der Waals surface area contributed by atoms with Crippen molar-refractivity contribution in [1.82, 2.24) is 15.1 Å². The van der Waals surface area contributed by atoms with Crippen molar-refractivity contribution in [3.63, 3.8) is 0 Å². The number of carbonyl (C=O) groups is 1. The third-order valence-electron chi connectivity index (χ3n) is 7.27. The fourth-order valence-corrected chi connectivity index (χ4v) is 5.25. The molecule has 0 bridgehead atoms. The van der Waals surface area contributed by atoms with E-state index < -0.39 is 25.9 Å². The number of allylic oxidation sites excluding steroid dienone is 4. The second-order valence-electron chi connectivity index (χ2n) is 12.4. The van der Waals surface area contributed by atoms with E-state index in [2.05, 4.69) is 61.7 Å². The molecule has 1 aromatic carbocycles. The summed E-state index contributed by atoms with van der Waals surface area (Å²) >= 11 is 0. The lowest BCUT2D eigenvalue weighted by atomic mass is 9.81. The van der Waals surface area contributed by atoms with Crippen LogP contribution in [-0.2, 0) is 9.16 Å². The summed E-state index contributed by atoms with van der Waals surface area (Å²) in [6.07, 6.45) is -0.588. The van der Waals surface area contributed by atoms with E-state index in [-0.39, 0.29) is 5.04 Å². The van der Waals surface area contributed by atoms with Crippen LogP contribution in [0.1, 0.15) is 66.9 Å². The maximum absolute atomic E-state index is 13.1. The summed E-state index contributed by atoms with van der Waals surface area (Å²) in [6, 6.07) is 10.1. The second kappa shape index (κ2) is 10.9. The number of nitrogens with one attached hydrogen (secondary N) is 2. The Morgan fingerprint density at radius 2 is 1.69 bits per heavy atom. The molecule has 0 atom stereocenters. The number of carbonyl (C=O) groups excluding carboxylic acids is 1. The van der Waals surface area contributed by atoms with Crippen LogP contribution in [0.15, 0.2) is 40.7 Å². The maximum Gasteiger partial charge on any atom is 0.435 e. The quantitative estimate of drug-likeness (QED) is 0.308. The Kier molecular flexibility index (Phi) is 8.35. The van der Waals surface area contributed by atoms with Gasteiger partial charge < -0.3 is 19.8 Å². The van der Waals surface area contributed by atoms with Crippen LogP contribution in [0, 0.1) is 22.7 Å². The van der Waals surface area contributed by atoms with Crippen LogP contribution >= 0.6 is 0 Å². The van der Waals surface area contributed by atoms with Gasteiger partial charge in [0.05, 0.1) is 41.3 Å². The highest BCUT2D eigenvalue weighted by Crippen LogP contribution is 2.39. The number of nitrogens with zero attached hydrogens (tertiary/aromatic N) is 4. The molecule has 2 N–H and O–H groups in total. The molecule has 1 aliphatic heterocycles. The average molecular weight is 549 g/mol. The van der Waals surface area contributed by atoms with Crippen molar-refractivity contribution < 1.29 is 14.0 Å². The minimum Gasteiger partial charge on any atom is -0.442 e. The largest absolute Gasteiger partial charge is 0.442 e. The molecule has 0 radical (unpaired) electrons. The molecule has 0 saturated heterocycles. The van der Waals surface area contributed by atoms with E-state index in [1.165, 1.54) is 4.68 Å². The van der Waals surface area contributed by atoms with Gasteiger partial charge in [-0.25, -0.2) is 4.79 Å². The fourth-order valence-electron chi connectivity index (χ4n) is 4.21. The van der Waals surface area contributed by atoms with E-state index in [9.17, 15) is 15.3 Å². The van der Waals surface area contributed by atoms with E-state index in [4.69, 9.17) is 9.16 Å². The van der Waals surface area contributed by atoms with Crippen LogP contribution in [0.5, 0.6) is 0 Å². The Labute approximate surface area is 232 Å². The topological polar surface area (TPSA) is 125 Å². The summed E-state index contributed by atoms with van der Waals surface area (Å²) in [5.74, 6) is -0.0193. The van der Waals surface area contributed by atoms with Gasteiger partial charge in [-0.3, -0.25) is 0 Å². The Morgan fingerprint density at radius 1 is 1.10 bits per heavy atom. The van der Waals surface area contributed by atoms with E-state index in [0.717, 1.165) is 5.56 Å². The van der Waals surface area contributed by atoms with E-state index in [0.29, 0.717) is 52.4 Å². The first-order valence-corrected chi connectivity index (χ1v) is 16.0. The summed E-state index contributed by atoms with van der Waals surface area (Å²) in [5, 5.41) is 31.7. The number of hydrogen-bond donors (Lipinski definition) is 2. The van der Waals surface area contributed by atoms with E-state index in [1.54, 1.807) is 26.8 Å². The first kappa shape index (κ1) is 29.9. The number of benzene rings is 1. The third kappa shape index (κ3) is 6.35. The molecular weight excluding hydrogens is 508 g/mol. The molecule has 0 amide bonds. The number of anilines is 1. The minimum absolute atomic E-state index is 0.0932. The number of fused-ring (bicyclic) bond motifs is 1. The predicted molar refractivity (Wildman–Crippen MR) is 156 cm³/mol. The number of dihydropyridines is 1. The molecule has 39 heavy (non-hydrogen) atoms. The maximum atomic E-state index is 13.1. The van der Waals surface area contributed by atoms with Gasteiger partial charge in [0, 0.05) is 23.3 Å². The highest BCUT2D eigenvalue weighted by Gasteiger charge is 2.37. The normalized spacial score (nSPS) is 15.2. The number of aromatic nitrogens is 2. The molecule has 3 rings (SSSR count). The van der Waals surface area contributed by atoms with Gasteiger partial charge >= 0.3 is 6.09 Å². The van der Waals surface area contributed by atoms with Crippen LogP contribution in [-0.4, -0.2) is 42.9 Å². The van der Waals surface area contributed by atoms with Crippen LogP contribution < -0.4 is 10.6 Å². The zero-order valence-electron chi connectivity index (χ0n) is 24.7. The van der Waals surface area contributed by atoms with Gasteiger partial charge in [-0.05, 0) is 70.4 Å². The summed E-state index contributed by atoms with van der Waals surface area (Å²) in [7, 11) is -1.92. The Balaban J connectivity index is 2.06. The van der Waals surface area contributed by atoms with Gasteiger partial charge in [-0.2, -0.15) is 15.2 Å². The van der Waals surface area contributed by atoms with Crippen molar-refractivity contribution in [2.75, 3.05) is 18.5 Å². The molecular formula is C29H40N6O3Si. The predicted octanol–water partition coefficient (Wildman–Crippen LogP) is 6.54. The highest BCUT2D eigenvalue weighted by atomic mass is 28.4. The zero-order valence-corrected chi connectivity index (χ0v) is 25.7. The van der Waals surface area contributed by atoms with Crippen molar-refractivity contribution in [2.24, 2.45) is 0 Å². The lowest BCUT2D eigenvalue weighted by Gasteiger charge is -2.36. The van der Waals surface area contributed by atoms with E-state index >= 15 is 0 Å². The van der Waals surface area contributed by atoms with Crippen molar-refractivity contribution in [2.45, 2.75) is 85.0 Å². The summed E-state index contributed by atoms with van der Waals surface area (Å²) in [6.45, 7) is 21.1. The number of nitriles is 2. The summed E-state index contributed by atoms with van der Waals surface area (Å²) in [4.78, 5) is 13.1. The molecule has 0 aliphatic carbocycles. The van der Waals surface area contributed by atoms with Crippen LogP contribution in [0.3, 0.4) is 0 Å². The number of hydrogen-bond acceptors (Lipinski definition) is 8. The number of ether oxygens (including phenoxy) is 1. The molecule has 10 heteroatoms. The summed E-state index contributed by atoms with van der Waals surface area (Å²) in [5.41, 5.74) is 3.02. The van der Waals surface area contributed by atoms with Crippen molar-refractivity contribution in [3.8, 4) is 12.1 Å². The molecule has 2 aromatic rings. The molecule has 2 heterocycles. The average Bonchev–Trinajstić information content (AvgIpc) is 3.17. The van der Waals surface area contributed by atoms with Gasteiger partial charge in [-0.1, -0.05) is 26.8 Å². The SMILES string of the molecule is CC1=C(C#N)C(c2ccc3c(c2)c(NCCO[Si](C)(C)C(C)(C)C)nn3C(=O)OC(C)(C)C)C(C#N)=C(C)N1. The van der Waals surface area contributed by atoms with Crippen LogP contribution in [0.4, 0.5) is 10.6 Å². The molecule has 0 spiro atoms. The molecule has 9 nitrogen and oxygen atoms in total. The van der Waals surface area contributed by atoms with Crippen molar-refractivity contribution in [3.05, 3.63) is 46.3 Å². The van der Waals surface area contributed by atoms with Gasteiger partial charge in [0.2, 0.25) is 0 Å². The standard InChI is InChI=1S/C29H40N6O3Si/c1-18-22(16-30)25(23(17-31)19(2)33-18)20-11-12-24-21(15-20)26(34-35(24)27(36)38-28(3,4)5)32-13-14-37-39(9,10)29(6,7)8/h11-12,15,25,33H,13-14H2,1-10H3,(H,32,34). The molecule has 0 unspecified atom stereocenters. The lowest BCUT2D eigenvalue weighted by Crippen LogP contribution is -2.41. The van der Waals surface area contributed by atoms with Crippen LogP contribution in [0.2, 0.25) is 18.1 Å². The first-order chi connectivity index (χ1) is 18.0. The smallest absolute Gasteiger partial charge is 0.435 e. The van der Waals surface area contributed by atoms with Crippen molar-refractivity contribution in [1.29, 1.82) is 10.5 Å². The first-order valence-electron chi connectivity index (χ1n) is 13.1. The highest BCUT2D eigenvalue weighted by molar-refractivity contribution is 6.74. The molecule has 0 saturated carbocycles. The van der Waals surface area contributed by atoms with Gasteiger partial charge in [0.15, 0.2) is 14.1 Å². The van der Waals surface area contributed by atoms with Gasteiger partial charge in [0.1, 0.15) is 5.60 Å².